The number of aromatic nitrogens is 3. The summed E-state index contributed by atoms with van der Waals surface area (Å²) in [6.45, 7) is 4.32. The van der Waals surface area contributed by atoms with Crippen LogP contribution in [0.3, 0.4) is 0 Å². The van der Waals surface area contributed by atoms with E-state index in [4.69, 9.17) is 10.5 Å². The summed E-state index contributed by atoms with van der Waals surface area (Å²) in [5, 5.41) is 10.4. The minimum Gasteiger partial charge on any atom is -0.491 e. The number of hydrogen-bond acceptors (Lipinski definition) is 5. The average molecular weight is 289 g/mol. The topological polar surface area (TPSA) is 95.1 Å². The van der Waals surface area contributed by atoms with Gasteiger partial charge >= 0.3 is 0 Å². The van der Waals surface area contributed by atoms with E-state index in [0.29, 0.717) is 17.9 Å². The van der Waals surface area contributed by atoms with Gasteiger partial charge in [-0.15, -0.1) is 5.10 Å². The first-order chi connectivity index (χ1) is 10.1. The molecule has 0 aliphatic rings. The summed E-state index contributed by atoms with van der Waals surface area (Å²) in [4.78, 5) is 11.9. The lowest BCUT2D eigenvalue weighted by atomic mass is 10.3. The minimum absolute atomic E-state index is 0.0945. The molecular formula is C14H19N5O2. The van der Waals surface area contributed by atoms with Crippen LogP contribution >= 0.6 is 0 Å². The van der Waals surface area contributed by atoms with Gasteiger partial charge in [0.25, 0.3) is 0 Å². The van der Waals surface area contributed by atoms with Gasteiger partial charge in [0, 0.05) is 12.2 Å². The van der Waals surface area contributed by atoms with Gasteiger partial charge in [-0.1, -0.05) is 5.21 Å². The molecule has 3 N–H and O–H groups in total. The number of hydrogen-bond donors (Lipinski definition) is 2. The Morgan fingerprint density at radius 2 is 2.10 bits per heavy atom. The highest BCUT2D eigenvalue weighted by molar-refractivity contribution is 5.90. The number of amides is 1. The van der Waals surface area contributed by atoms with Gasteiger partial charge < -0.3 is 15.8 Å². The number of rotatable bonds is 6. The van der Waals surface area contributed by atoms with Crippen LogP contribution in [0.1, 0.15) is 19.5 Å². The van der Waals surface area contributed by atoms with Gasteiger partial charge in [-0.3, -0.25) is 4.79 Å². The fourth-order valence-electron chi connectivity index (χ4n) is 1.75. The van der Waals surface area contributed by atoms with E-state index in [0.717, 1.165) is 5.75 Å². The molecule has 0 bridgehead atoms. The molecule has 1 aromatic carbocycles. The van der Waals surface area contributed by atoms with E-state index in [9.17, 15) is 4.79 Å². The van der Waals surface area contributed by atoms with Gasteiger partial charge in [-0.05, 0) is 38.1 Å². The van der Waals surface area contributed by atoms with Crippen LogP contribution in [0.4, 0.5) is 5.69 Å². The molecule has 0 aliphatic heterocycles. The average Bonchev–Trinajstić information content (AvgIpc) is 2.88. The Kier molecular flexibility index (Phi) is 4.89. The summed E-state index contributed by atoms with van der Waals surface area (Å²) in [5.41, 5.74) is 6.79. The zero-order valence-electron chi connectivity index (χ0n) is 12.1. The molecule has 0 unspecified atom stereocenters. The Hall–Kier alpha value is -2.41. The lowest BCUT2D eigenvalue weighted by molar-refractivity contribution is -0.116. The third kappa shape index (κ3) is 4.57. The second kappa shape index (κ2) is 6.85. The fraction of sp³-hybridized carbons (Fsp3) is 0.357. The predicted molar refractivity (Wildman–Crippen MR) is 78.7 cm³/mol. The first-order valence-corrected chi connectivity index (χ1v) is 6.72. The molecular weight excluding hydrogens is 270 g/mol. The number of nitrogens with one attached hydrogen (secondary N) is 1. The SMILES string of the molecule is CC(C)Oc1ccc(NC(=O)Cn2cc(CN)nn2)cc1. The Morgan fingerprint density at radius 1 is 1.38 bits per heavy atom. The highest BCUT2D eigenvalue weighted by atomic mass is 16.5. The number of nitrogens with zero attached hydrogens (tertiary/aromatic N) is 3. The molecule has 1 amide bonds. The van der Waals surface area contributed by atoms with Gasteiger partial charge in [-0.25, -0.2) is 4.68 Å². The van der Waals surface area contributed by atoms with Crippen molar-refractivity contribution in [2.75, 3.05) is 5.32 Å². The van der Waals surface area contributed by atoms with Crippen molar-refractivity contribution in [3.05, 3.63) is 36.2 Å². The van der Waals surface area contributed by atoms with E-state index in [1.54, 1.807) is 18.3 Å². The third-order valence-electron chi connectivity index (χ3n) is 2.61. The van der Waals surface area contributed by atoms with E-state index in [1.165, 1.54) is 4.68 Å². The smallest absolute Gasteiger partial charge is 0.246 e. The molecule has 1 heterocycles. The van der Waals surface area contributed by atoms with E-state index in [-0.39, 0.29) is 18.6 Å². The van der Waals surface area contributed by atoms with Crippen molar-refractivity contribution in [3.8, 4) is 5.75 Å². The van der Waals surface area contributed by atoms with Crippen LogP contribution in [0.25, 0.3) is 0 Å². The summed E-state index contributed by atoms with van der Waals surface area (Å²) in [7, 11) is 0. The van der Waals surface area contributed by atoms with Crippen molar-refractivity contribution in [1.82, 2.24) is 15.0 Å². The highest BCUT2D eigenvalue weighted by Gasteiger charge is 2.06. The van der Waals surface area contributed by atoms with Crippen molar-refractivity contribution >= 4 is 11.6 Å². The van der Waals surface area contributed by atoms with Crippen molar-refractivity contribution in [3.63, 3.8) is 0 Å². The van der Waals surface area contributed by atoms with Crippen molar-refractivity contribution in [2.45, 2.75) is 33.0 Å². The molecule has 0 spiro atoms. The third-order valence-corrected chi connectivity index (χ3v) is 2.61. The van der Waals surface area contributed by atoms with Gasteiger partial charge in [0.2, 0.25) is 5.91 Å². The van der Waals surface area contributed by atoms with E-state index < -0.39 is 0 Å². The quantitative estimate of drug-likeness (QED) is 0.832. The summed E-state index contributed by atoms with van der Waals surface area (Å²) < 4.78 is 6.99. The highest BCUT2D eigenvalue weighted by Crippen LogP contribution is 2.16. The molecule has 0 saturated carbocycles. The maximum absolute atomic E-state index is 11.9. The minimum atomic E-state index is -0.180. The van der Waals surface area contributed by atoms with E-state index >= 15 is 0 Å². The molecule has 0 aliphatic carbocycles. The second-order valence-electron chi connectivity index (χ2n) is 4.85. The van der Waals surface area contributed by atoms with Crippen molar-refractivity contribution < 1.29 is 9.53 Å². The molecule has 2 rings (SSSR count). The molecule has 0 atom stereocenters. The monoisotopic (exact) mass is 289 g/mol. The normalized spacial score (nSPS) is 10.7. The predicted octanol–water partition coefficient (Wildman–Crippen LogP) is 1.16. The number of ether oxygens (including phenoxy) is 1. The molecule has 2 aromatic rings. The molecule has 112 valence electrons. The largest absolute Gasteiger partial charge is 0.491 e. The van der Waals surface area contributed by atoms with Gasteiger partial charge in [0.15, 0.2) is 0 Å². The first-order valence-electron chi connectivity index (χ1n) is 6.72. The van der Waals surface area contributed by atoms with Crippen molar-refractivity contribution in [1.29, 1.82) is 0 Å². The van der Waals surface area contributed by atoms with Crippen LogP contribution in [0, 0.1) is 0 Å². The zero-order chi connectivity index (χ0) is 15.2. The van der Waals surface area contributed by atoms with Crippen LogP contribution in [-0.2, 0) is 17.9 Å². The Labute approximate surface area is 123 Å². The van der Waals surface area contributed by atoms with Crippen LogP contribution in [-0.4, -0.2) is 27.0 Å². The number of nitrogens with two attached hydrogens (primary N) is 1. The van der Waals surface area contributed by atoms with Crippen LogP contribution in [0.2, 0.25) is 0 Å². The number of benzene rings is 1. The van der Waals surface area contributed by atoms with Crippen LogP contribution < -0.4 is 15.8 Å². The molecule has 1 aromatic heterocycles. The number of anilines is 1. The second-order valence-corrected chi connectivity index (χ2v) is 4.85. The Bertz CT molecular complexity index is 592. The molecule has 7 nitrogen and oxygen atoms in total. The maximum atomic E-state index is 11.9. The molecule has 0 fully saturated rings. The van der Waals surface area contributed by atoms with Gasteiger partial charge in [0.1, 0.15) is 12.3 Å². The first kappa shape index (κ1) is 15.0. The summed E-state index contributed by atoms with van der Waals surface area (Å²) in [5.74, 6) is 0.591. The number of carbonyl (C=O) groups is 1. The Morgan fingerprint density at radius 3 is 2.67 bits per heavy atom. The fourth-order valence-corrected chi connectivity index (χ4v) is 1.75. The summed E-state index contributed by atoms with van der Waals surface area (Å²) in [6, 6.07) is 7.22. The van der Waals surface area contributed by atoms with Crippen LogP contribution in [0.15, 0.2) is 30.5 Å². The van der Waals surface area contributed by atoms with Gasteiger partial charge in [0.05, 0.1) is 18.0 Å². The Balaban J connectivity index is 1.90. The van der Waals surface area contributed by atoms with Crippen LogP contribution in [0.5, 0.6) is 5.75 Å². The summed E-state index contributed by atoms with van der Waals surface area (Å²) in [6.07, 6.45) is 1.77. The van der Waals surface area contributed by atoms with E-state index in [2.05, 4.69) is 15.6 Å². The zero-order valence-corrected chi connectivity index (χ0v) is 12.1. The molecule has 0 radical (unpaired) electrons. The van der Waals surface area contributed by atoms with Gasteiger partial charge in [-0.2, -0.15) is 0 Å². The molecule has 21 heavy (non-hydrogen) atoms. The lowest BCUT2D eigenvalue weighted by Crippen LogP contribution is -2.19. The molecule has 0 saturated heterocycles. The standard InChI is InChI=1S/C14H19N5O2/c1-10(2)21-13-5-3-11(4-6-13)16-14(20)9-19-8-12(7-15)17-18-19/h3-6,8,10H,7,9,15H2,1-2H3,(H,16,20). The van der Waals surface area contributed by atoms with Crippen molar-refractivity contribution in [2.24, 2.45) is 5.73 Å². The number of carbonyl (C=O) groups excluding carboxylic acids is 1. The molecule has 7 heteroatoms. The maximum Gasteiger partial charge on any atom is 0.246 e. The summed E-state index contributed by atoms with van der Waals surface area (Å²) >= 11 is 0. The lowest BCUT2D eigenvalue weighted by Gasteiger charge is -2.10. The van der Waals surface area contributed by atoms with E-state index in [1.807, 2.05) is 26.0 Å².